The van der Waals surface area contributed by atoms with Crippen LogP contribution in [0.1, 0.15) is 24.5 Å². The molecule has 0 aliphatic heterocycles. The first-order chi connectivity index (χ1) is 11.7. The molecule has 1 rings (SSSR count). The molecule has 0 saturated carbocycles. The first-order valence-corrected chi connectivity index (χ1v) is 9.84. The molecule has 1 aromatic rings. The number of thioether (sulfide) groups is 1. The van der Waals surface area contributed by atoms with Crippen molar-refractivity contribution in [2.75, 3.05) is 45.4 Å². The van der Waals surface area contributed by atoms with E-state index in [0.717, 1.165) is 36.0 Å². The molecule has 0 aliphatic carbocycles. The molecule has 0 bridgehead atoms. The Hall–Kier alpha value is -1.40. The average Bonchev–Trinajstić information content (AvgIpc) is 2.59. The lowest BCUT2D eigenvalue weighted by Gasteiger charge is -2.15. The minimum absolute atomic E-state index is 0.561. The van der Waals surface area contributed by atoms with E-state index in [9.17, 15) is 0 Å². The van der Waals surface area contributed by atoms with Crippen molar-refractivity contribution in [3.63, 3.8) is 0 Å². The van der Waals surface area contributed by atoms with Gasteiger partial charge >= 0.3 is 0 Å². The van der Waals surface area contributed by atoms with Crippen molar-refractivity contribution in [1.82, 2.24) is 10.6 Å². The molecule has 2 N–H and O–H groups in total. The third-order valence-electron chi connectivity index (χ3n) is 3.40. The van der Waals surface area contributed by atoms with Gasteiger partial charge in [0, 0.05) is 32.3 Å². The summed E-state index contributed by atoms with van der Waals surface area (Å²) in [5.41, 5.74) is 2.30. The first-order valence-electron chi connectivity index (χ1n) is 8.44. The molecule has 0 radical (unpaired) electrons. The summed E-state index contributed by atoms with van der Waals surface area (Å²) < 4.78 is 11.2. The molecule has 0 aromatic heterocycles. The van der Waals surface area contributed by atoms with Crippen LogP contribution in [0.2, 0.25) is 0 Å². The van der Waals surface area contributed by atoms with Gasteiger partial charge in [0.25, 0.3) is 0 Å². The van der Waals surface area contributed by atoms with Crippen molar-refractivity contribution < 1.29 is 9.47 Å². The normalized spacial score (nSPS) is 11.4. The van der Waals surface area contributed by atoms with Crippen LogP contribution in [0.3, 0.4) is 0 Å². The summed E-state index contributed by atoms with van der Waals surface area (Å²) in [7, 11) is 1.79. The Morgan fingerprint density at radius 1 is 1.25 bits per heavy atom. The molecule has 1 aromatic carbocycles. The highest BCUT2D eigenvalue weighted by atomic mass is 32.2. The summed E-state index contributed by atoms with van der Waals surface area (Å²) in [6, 6.07) is 6.26. The van der Waals surface area contributed by atoms with E-state index in [2.05, 4.69) is 47.0 Å². The second kappa shape index (κ2) is 13.0. The summed E-state index contributed by atoms with van der Waals surface area (Å²) in [4.78, 5) is 4.26. The molecular weight excluding hydrogens is 322 g/mol. The zero-order valence-corrected chi connectivity index (χ0v) is 16.2. The lowest BCUT2D eigenvalue weighted by Crippen LogP contribution is -2.37. The van der Waals surface area contributed by atoms with E-state index >= 15 is 0 Å². The van der Waals surface area contributed by atoms with E-state index < -0.39 is 0 Å². The molecule has 0 aliphatic rings. The van der Waals surface area contributed by atoms with Gasteiger partial charge < -0.3 is 20.1 Å². The van der Waals surface area contributed by atoms with E-state index in [1.54, 1.807) is 7.05 Å². The highest BCUT2D eigenvalue weighted by molar-refractivity contribution is 7.98. The van der Waals surface area contributed by atoms with Crippen molar-refractivity contribution in [2.24, 2.45) is 4.99 Å². The van der Waals surface area contributed by atoms with Crippen LogP contribution in [-0.4, -0.2) is 51.4 Å². The van der Waals surface area contributed by atoms with Gasteiger partial charge in [-0.05, 0) is 43.9 Å². The average molecular weight is 354 g/mol. The quantitative estimate of drug-likeness (QED) is 0.364. The minimum Gasteiger partial charge on any atom is -0.491 e. The smallest absolute Gasteiger partial charge is 0.191 e. The summed E-state index contributed by atoms with van der Waals surface area (Å²) in [6.45, 7) is 7.53. The molecular formula is C18H31N3O2S. The van der Waals surface area contributed by atoms with E-state index in [1.165, 1.54) is 5.56 Å². The number of nitrogens with zero attached hydrogens (tertiary/aromatic N) is 1. The van der Waals surface area contributed by atoms with Crippen molar-refractivity contribution >= 4 is 17.7 Å². The summed E-state index contributed by atoms with van der Waals surface area (Å²) in [5, 5.41) is 6.67. The highest BCUT2D eigenvalue weighted by Crippen LogP contribution is 2.20. The van der Waals surface area contributed by atoms with Gasteiger partial charge in [0.2, 0.25) is 0 Å². The molecule has 0 atom stereocenters. The second-order valence-corrected chi connectivity index (χ2v) is 6.34. The van der Waals surface area contributed by atoms with E-state index in [0.29, 0.717) is 26.4 Å². The first kappa shape index (κ1) is 20.6. The Labute approximate surface area is 150 Å². The van der Waals surface area contributed by atoms with E-state index in [-0.39, 0.29) is 0 Å². The molecule has 0 fully saturated rings. The van der Waals surface area contributed by atoms with Gasteiger partial charge in [0.05, 0.1) is 6.61 Å². The molecule has 0 heterocycles. The number of aliphatic imine (C=N–C) groups is 1. The Kier molecular flexibility index (Phi) is 11.1. The minimum atomic E-state index is 0.561. The molecule has 0 saturated heterocycles. The molecule has 0 spiro atoms. The van der Waals surface area contributed by atoms with Crippen LogP contribution in [0, 0.1) is 6.92 Å². The predicted molar refractivity (Wildman–Crippen MR) is 104 cm³/mol. The van der Waals surface area contributed by atoms with Crippen LogP contribution in [0.25, 0.3) is 0 Å². The van der Waals surface area contributed by atoms with Crippen molar-refractivity contribution in [1.29, 1.82) is 0 Å². The molecule has 24 heavy (non-hydrogen) atoms. The highest BCUT2D eigenvalue weighted by Gasteiger charge is 2.06. The predicted octanol–water partition coefficient (Wildman–Crippen LogP) is 2.83. The maximum atomic E-state index is 5.87. The van der Waals surface area contributed by atoms with E-state index in [1.807, 2.05) is 18.7 Å². The fourth-order valence-corrected chi connectivity index (χ4v) is 2.55. The Morgan fingerprint density at radius 3 is 2.79 bits per heavy atom. The van der Waals surface area contributed by atoms with Gasteiger partial charge in [-0.3, -0.25) is 4.99 Å². The van der Waals surface area contributed by atoms with Crippen molar-refractivity contribution in [2.45, 2.75) is 26.8 Å². The Morgan fingerprint density at radius 2 is 2.08 bits per heavy atom. The third kappa shape index (κ3) is 8.45. The van der Waals surface area contributed by atoms with E-state index in [4.69, 9.17) is 9.47 Å². The fourth-order valence-electron chi connectivity index (χ4n) is 2.12. The number of hydrogen-bond donors (Lipinski definition) is 2. The lowest BCUT2D eigenvalue weighted by atomic mass is 10.1. The molecule has 0 amide bonds. The van der Waals surface area contributed by atoms with Crippen LogP contribution < -0.4 is 15.4 Å². The van der Waals surface area contributed by atoms with Crippen molar-refractivity contribution in [3.05, 3.63) is 29.3 Å². The van der Waals surface area contributed by atoms with Crippen LogP contribution in [-0.2, 0) is 11.3 Å². The monoisotopic (exact) mass is 353 g/mol. The maximum absolute atomic E-state index is 5.87. The number of nitrogens with one attached hydrogen (secondary N) is 2. The second-order valence-electron chi connectivity index (χ2n) is 5.36. The third-order valence-corrected chi connectivity index (χ3v) is 4.10. The van der Waals surface area contributed by atoms with Gasteiger partial charge in [-0.25, -0.2) is 0 Å². The van der Waals surface area contributed by atoms with Gasteiger partial charge in [0.15, 0.2) is 5.96 Å². The zero-order valence-electron chi connectivity index (χ0n) is 15.4. The van der Waals surface area contributed by atoms with Crippen molar-refractivity contribution in [3.8, 4) is 5.75 Å². The Bertz CT molecular complexity index is 495. The largest absolute Gasteiger partial charge is 0.491 e. The molecule has 136 valence electrons. The summed E-state index contributed by atoms with van der Waals surface area (Å²) >= 11 is 1.86. The van der Waals surface area contributed by atoms with Gasteiger partial charge in [-0.1, -0.05) is 12.1 Å². The summed E-state index contributed by atoms with van der Waals surface area (Å²) in [5.74, 6) is 2.87. The SMILES string of the molecule is CCOCCOc1cc(C)ccc1CNC(=NC)NCCCSC. The lowest BCUT2D eigenvalue weighted by molar-refractivity contribution is 0.110. The summed E-state index contributed by atoms with van der Waals surface area (Å²) in [6.07, 6.45) is 3.25. The maximum Gasteiger partial charge on any atom is 0.191 e. The zero-order chi connectivity index (χ0) is 17.6. The van der Waals surface area contributed by atoms with Crippen LogP contribution in [0.15, 0.2) is 23.2 Å². The molecule has 5 nitrogen and oxygen atoms in total. The Balaban J connectivity index is 2.52. The number of hydrogen-bond acceptors (Lipinski definition) is 4. The van der Waals surface area contributed by atoms with Crippen LogP contribution >= 0.6 is 11.8 Å². The molecule has 0 unspecified atom stereocenters. The standard InChI is InChI=1S/C18H31N3O2S/c1-5-22-10-11-23-17-13-15(2)7-8-16(17)14-21-18(19-3)20-9-6-12-24-4/h7-8,13H,5-6,9-12,14H2,1-4H3,(H2,19,20,21). The van der Waals surface area contributed by atoms with Crippen LogP contribution in [0.5, 0.6) is 5.75 Å². The van der Waals surface area contributed by atoms with Crippen LogP contribution in [0.4, 0.5) is 0 Å². The van der Waals surface area contributed by atoms with Gasteiger partial charge in [0.1, 0.15) is 12.4 Å². The fraction of sp³-hybridized carbons (Fsp3) is 0.611. The number of benzene rings is 1. The number of rotatable bonds is 11. The number of guanidine groups is 1. The number of ether oxygens (including phenoxy) is 2. The number of aryl methyl sites for hydroxylation is 1. The van der Waals surface area contributed by atoms with Gasteiger partial charge in [-0.15, -0.1) is 0 Å². The molecule has 6 heteroatoms. The topological polar surface area (TPSA) is 54.9 Å². The van der Waals surface area contributed by atoms with Gasteiger partial charge in [-0.2, -0.15) is 11.8 Å².